The van der Waals surface area contributed by atoms with Crippen molar-refractivity contribution >= 4 is 17.8 Å². The number of aromatic nitrogens is 2. The summed E-state index contributed by atoms with van der Waals surface area (Å²) in [5.74, 6) is -0.254. The Balaban J connectivity index is 2.12. The molecule has 1 aromatic heterocycles. The second kappa shape index (κ2) is 5.75. The Kier molecular flexibility index (Phi) is 4.06. The van der Waals surface area contributed by atoms with E-state index >= 15 is 0 Å². The Morgan fingerprint density at radius 1 is 1.42 bits per heavy atom. The molecule has 7 heteroatoms. The fraction of sp³-hybridized carbons (Fsp3) is 0.500. The van der Waals surface area contributed by atoms with Crippen LogP contribution in [0.15, 0.2) is 12.4 Å². The molecular formula is C12H17N5O2. The highest BCUT2D eigenvalue weighted by atomic mass is 16.2. The molecule has 1 atom stereocenters. The summed E-state index contributed by atoms with van der Waals surface area (Å²) in [6, 6.07) is -0.447. The molecule has 1 fully saturated rings. The van der Waals surface area contributed by atoms with Crippen molar-refractivity contribution in [2.24, 2.45) is 0 Å². The van der Waals surface area contributed by atoms with Gasteiger partial charge in [0.2, 0.25) is 17.8 Å². The Morgan fingerprint density at radius 3 is 2.74 bits per heavy atom. The van der Waals surface area contributed by atoms with E-state index in [4.69, 9.17) is 0 Å². The highest BCUT2D eigenvalue weighted by molar-refractivity contribution is 6.04. The van der Waals surface area contributed by atoms with E-state index in [1.807, 2.05) is 6.92 Å². The van der Waals surface area contributed by atoms with Gasteiger partial charge in [0.25, 0.3) is 0 Å². The van der Waals surface area contributed by atoms with Gasteiger partial charge in [0.05, 0.1) is 0 Å². The van der Waals surface area contributed by atoms with Crippen LogP contribution in [-0.4, -0.2) is 40.9 Å². The van der Waals surface area contributed by atoms with Crippen molar-refractivity contribution in [1.82, 2.24) is 20.6 Å². The number of carbonyl (C=O) groups excluding carboxylic acids is 2. The average Bonchev–Trinajstić information content (AvgIpc) is 2.41. The molecule has 2 amide bonds. The van der Waals surface area contributed by atoms with E-state index in [2.05, 4.69) is 20.6 Å². The highest BCUT2D eigenvalue weighted by Crippen LogP contribution is 2.13. The fourth-order valence-electron chi connectivity index (χ4n) is 1.82. The van der Waals surface area contributed by atoms with Gasteiger partial charge in [-0.25, -0.2) is 9.97 Å². The lowest BCUT2D eigenvalue weighted by molar-refractivity contribution is -0.132. The lowest BCUT2D eigenvalue weighted by Gasteiger charge is -2.31. The van der Waals surface area contributed by atoms with Gasteiger partial charge in [0, 0.05) is 24.5 Å². The minimum absolute atomic E-state index is 0.0967. The molecule has 0 aliphatic carbocycles. The van der Waals surface area contributed by atoms with E-state index in [1.165, 1.54) is 0 Å². The summed E-state index contributed by atoms with van der Waals surface area (Å²) in [4.78, 5) is 33.0. The van der Waals surface area contributed by atoms with Crippen LogP contribution in [0.4, 0.5) is 5.95 Å². The Morgan fingerprint density at radius 2 is 2.11 bits per heavy atom. The summed E-state index contributed by atoms with van der Waals surface area (Å²) in [5.41, 5.74) is 0.964. The number of amides is 2. The van der Waals surface area contributed by atoms with E-state index < -0.39 is 6.04 Å². The second-order valence-corrected chi connectivity index (χ2v) is 4.39. The third kappa shape index (κ3) is 3.05. The molecule has 0 spiro atoms. The summed E-state index contributed by atoms with van der Waals surface area (Å²) < 4.78 is 0. The molecule has 0 radical (unpaired) electrons. The Labute approximate surface area is 111 Å². The van der Waals surface area contributed by atoms with Crippen LogP contribution >= 0.6 is 0 Å². The quantitative estimate of drug-likeness (QED) is 0.708. The van der Waals surface area contributed by atoms with Crippen LogP contribution in [0.25, 0.3) is 0 Å². The number of nitrogens with one attached hydrogen (secondary N) is 2. The maximum Gasteiger partial charge on any atom is 0.249 e. The van der Waals surface area contributed by atoms with Crippen molar-refractivity contribution in [2.45, 2.75) is 26.4 Å². The number of piperazine rings is 1. The first-order valence-electron chi connectivity index (χ1n) is 6.23. The topological polar surface area (TPSA) is 87.2 Å². The van der Waals surface area contributed by atoms with Crippen molar-refractivity contribution < 1.29 is 9.59 Å². The number of carbonyl (C=O) groups is 2. The molecule has 2 N–H and O–H groups in total. The van der Waals surface area contributed by atoms with Gasteiger partial charge >= 0.3 is 0 Å². The van der Waals surface area contributed by atoms with Gasteiger partial charge in [0.15, 0.2) is 0 Å². The van der Waals surface area contributed by atoms with Crippen LogP contribution in [0.3, 0.4) is 0 Å². The molecule has 1 aliphatic rings. The minimum Gasteiger partial charge on any atom is -0.320 e. The van der Waals surface area contributed by atoms with Crippen LogP contribution in [0.5, 0.6) is 0 Å². The number of anilines is 1. The molecule has 2 heterocycles. The van der Waals surface area contributed by atoms with Crippen LogP contribution in [0.1, 0.15) is 19.4 Å². The molecule has 0 bridgehead atoms. The van der Waals surface area contributed by atoms with Gasteiger partial charge in [-0.15, -0.1) is 0 Å². The van der Waals surface area contributed by atoms with Crippen LogP contribution < -0.4 is 15.5 Å². The lowest BCUT2D eigenvalue weighted by atomic mass is 10.2. The molecule has 2 rings (SSSR count). The van der Waals surface area contributed by atoms with E-state index in [0.29, 0.717) is 12.5 Å². The Hall–Kier alpha value is -2.02. The fourth-order valence-corrected chi connectivity index (χ4v) is 1.82. The number of hydrogen-bond donors (Lipinski definition) is 2. The molecule has 19 heavy (non-hydrogen) atoms. The highest BCUT2D eigenvalue weighted by Gasteiger charge is 2.31. The molecule has 1 saturated heterocycles. The van der Waals surface area contributed by atoms with Gasteiger partial charge in [-0.05, 0) is 13.5 Å². The minimum atomic E-state index is -0.447. The van der Waals surface area contributed by atoms with Gasteiger partial charge in [-0.2, -0.15) is 0 Å². The molecule has 1 aromatic rings. The van der Waals surface area contributed by atoms with Crippen molar-refractivity contribution in [3.63, 3.8) is 0 Å². The summed E-state index contributed by atoms with van der Waals surface area (Å²) in [7, 11) is 0. The molecular weight excluding hydrogens is 246 g/mol. The van der Waals surface area contributed by atoms with Crippen molar-refractivity contribution in [3.8, 4) is 0 Å². The smallest absolute Gasteiger partial charge is 0.249 e. The predicted octanol–water partition coefficient (Wildman–Crippen LogP) is -0.563. The maximum absolute atomic E-state index is 11.6. The number of nitrogens with zero attached hydrogens (tertiary/aromatic N) is 3. The van der Waals surface area contributed by atoms with Crippen LogP contribution in [0.2, 0.25) is 0 Å². The third-order valence-corrected chi connectivity index (χ3v) is 2.95. The van der Waals surface area contributed by atoms with Gasteiger partial charge in [-0.1, -0.05) is 6.92 Å². The predicted molar refractivity (Wildman–Crippen MR) is 69.4 cm³/mol. The molecule has 0 saturated carbocycles. The third-order valence-electron chi connectivity index (χ3n) is 2.95. The van der Waals surface area contributed by atoms with Gasteiger partial charge in [-0.3, -0.25) is 14.9 Å². The SMILES string of the molecule is CCNCc1cnc(N2CC(=O)NC(=O)C2C)nc1. The largest absolute Gasteiger partial charge is 0.320 e. The first-order chi connectivity index (χ1) is 9.11. The lowest BCUT2D eigenvalue weighted by Crippen LogP contribution is -2.57. The van der Waals surface area contributed by atoms with Gasteiger partial charge in [0.1, 0.15) is 12.6 Å². The molecule has 1 unspecified atom stereocenters. The van der Waals surface area contributed by atoms with Crippen molar-refractivity contribution in [3.05, 3.63) is 18.0 Å². The zero-order valence-corrected chi connectivity index (χ0v) is 11.0. The van der Waals surface area contributed by atoms with Crippen LogP contribution in [0, 0.1) is 0 Å². The zero-order chi connectivity index (χ0) is 13.8. The normalized spacial score (nSPS) is 19.5. The molecule has 1 aliphatic heterocycles. The monoisotopic (exact) mass is 263 g/mol. The average molecular weight is 263 g/mol. The molecule has 7 nitrogen and oxygen atoms in total. The summed E-state index contributed by atoms with van der Waals surface area (Å²) >= 11 is 0. The first-order valence-corrected chi connectivity index (χ1v) is 6.23. The molecule has 0 aromatic carbocycles. The number of hydrogen-bond acceptors (Lipinski definition) is 6. The zero-order valence-electron chi connectivity index (χ0n) is 11.0. The maximum atomic E-state index is 11.6. The number of imide groups is 1. The van der Waals surface area contributed by atoms with E-state index in [9.17, 15) is 9.59 Å². The number of rotatable bonds is 4. The summed E-state index contributed by atoms with van der Waals surface area (Å²) in [5, 5.41) is 5.46. The first kappa shape index (κ1) is 13.4. The van der Waals surface area contributed by atoms with Crippen LogP contribution in [-0.2, 0) is 16.1 Å². The van der Waals surface area contributed by atoms with E-state index in [0.717, 1.165) is 12.1 Å². The Bertz CT molecular complexity index is 474. The molecule has 102 valence electrons. The van der Waals surface area contributed by atoms with Crippen molar-refractivity contribution in [1.29, 1.82) is 0 Å². The van der Waals surface area contributed by atoms with E-state index in [1.54, 1.807) is 24.2 Å². The summed E-state index contributed by atoms with van der Waals surface area (Å²) in [6.07, 6.45) is 3.41. The second-order valence-electron chi connectivity index (χ2n) is 4.39. The standard InChI is InChI=1S/C12H17N5O2/c1-3-13-4-9-5-14-12(15-6-9)17-7-10(18)16-11(19)8(17)2/h5-6,8,13H,3-4,7H2,1-2H3,(H,16,18,19). The van der Waals surface area contributed by atoms with Gasteiger partial charge < -0.3 is 10.2 Å². The summed E-state index contributed by atoms with van der Waals surface area (Å²) in [6.45, 7) is 5.41. The van der Waals surface area contributed by atoms with E-state index in [-0.39, 0.29) is 18.4 Å². The van der Waals surface area contributed by atoms with Crippen molar-refractivity contribution in [2.75, 3.05) is 18.0 Å².